The van der Waals surface area contributed by atoms with Crippen molar-refractivity contribution in [3.8, 4) is 0 Å². The first-order valence-electron chi connectivity index (χ1n) is 8.19. The van der Waals surface area contributed by atoms with Crippen LogP contribution in [-0.4, -0.2) is 52.1 Å². The number of aliphatic hydroxyl groups excluding tert-OH is 1. The van der Waals surface area contributed by atoms with Crippen molar-refractivity contribution in [2.45, 2.75) is 32.0 Å². The molecule has 6 nitrogen and oxygen atoms in total. The Labute approximate surface area is 141 Å². The van der Waals surface area contributed by atoms with Crippen molar-refractivity contribution in [2.24, 2.45) is 11.8 Å². The van der Waals surface area contributed by atoms with Gasteiger partial charge in [-0.3, -0.25) is 14.5 Å². The van der Waals surface area contributed by atoms with Gasteiger partial charge in [-0.15, -0.1) is 0 Å². The molecule has 1 aromatic carbocycles. The number of hydrazine groups is 1. The first-order chi connectivity index (χ1) is 11.4. The molecule has 6 heteroatoms. The minimum atomic E-state index is -0.660. The summed E-state index contributed by atoms with van der Waals surface area (Å²) in [6.07, 6.45) is 2.92. The topological polar surface area (TPSA) is 72.9 Å². The third kappa shape index (κ3) is 2.72. The molecule has 2 heterocycles. The third-order valence-corrected chi connectivity index (χ3v) is 4.74. The molecule has 128 valence electrons. The lowest BCUT2D eigenvalue weighted by molar-refractivity contribution is -0.138. The number of hydrogen-bond acceptors (Lipinski definition) is 5. The van der Waals surface area contributed by atoms with E-state index < -0.39 is 24.1 Å². The number of rotatable bonds is 4. The summed E-state index contributed by atoms with van der Waals surface area (Å²) in [5.74, 6) is -0.965. The van der Waals surface area contributed by atoms with E-state index in [1.165, 1.54) is 11.9 Å². The standard InChI is InChI=1S/C18H23N3O3/c1-11(2)16(22)14-10-9-13-15(18(24)20(3)17(13)23)21(14)19-12-7-5-4-6-8-12/h4-11,13-16,19,22H,1-3H3. The Morgan fingerprint density at radius 2 is 1.75 bits per heavy atom. The molecular weight excluding hydrogens is 306 g/mol. The van der Waals surface area contributed by atoms with E-state index in [9.17, 15) is 14.7 Å². The van der Waals surface area contributed by atoms with Crippen molar-refractivity contribution in [3.05, 3.63) is 42.5 Å². The van der Waals surface area contributed by atoms with Crippen LogP contribution >= 0.6 is 0 Å². The predicted molar refractivity (Wildman–Crippen MR) is 90.7 cm³/mol. The number of likely N-dealkylation sites (tertiary alicyclic amines) is 1. The highest BCUT2D eigenvalue weighted by Gasteiger charge is 2.52. The van der Waals surface area contributed by atoms with Crippen molar-refractivity contribution in [2.75, 3.05) is 12.5 Å². The highest BCUT2D eigenvalue weighted by molar-refractivity contribution is 6.08. The van der Waals surface area contributed by atoms with Gasteiger partial charge < -0.3 is 10.5 Å². The molecule has 2 aliphatic heterocycles. The number of hydrogen-bond donors (Lipinski definition) is 2. The number of fused-ring (bicyclic) bond motifs is 1. The van der Waals surface area contributed by atoms with Crippen molar-refractivity contribution in [1.29, 1.82) is 0 Å². The van der Waals surface area contributed by atoms with Crippen LogP contribution in [0.1, 0.15) is 13.8 Å². The van der Waals surface area contributed by atoms with Crippen LogP contribution < -0.4 is 5.43 Å². The largest absolute Gasteiger partial charge is 0.391 e. The fourth-order valence-electron chi connectivity index (χ4n) is 3.29. The van der Waals surface area contributed by atoms with E-state index in [0.29, 0.717) is 0 Å². The lowest BCUT2D eigenvalue weighted by Crippen LogP contribution is -2.58. The lowest BCUT2D eigenvalue weighted by Gasteiger charge is -2.41. The number of anilines is 1. The summed E-state index contributed by atoms with van der Waals surface area (Å²) in [7, 11) is 1.51. The average molecular weight is 329 g/mol. The lowest BCUT2D eigenvalue weighted by atomic mass is 9.89. The normalized spacial score (nSPS) is 28.4. The molecule has 4 unspecified atom stereocenters. The molecule has 1 saturated heterocycles. The molecule has 0 saturated carbocycles. The van der Waals surface area contributed by atoms with E-state index >= 15 is 0 Å². The number of para-hydroxylation sites is 1. The Hall–Kier alpha value is -2.18. The van der Waals surface area contributed by atoms with Crippen LogP contribution in [-0.2, 0) is 9.59 Å². The van der Waals surface area contributed by atoms with E-state index in [2.05, 4.69) is 5.43 Å². The van der Waals surface area contributed by atoms with Crippen LogP contribution in [0.15, 0.2) is 42.5 Å². The van der Waals surface area contributed by atoms with Gasteiger partial charge in [0.15, 0.2) is 0 Å². The van der Waals surface area contributed by atoms with Gasteiger partial charge >= 0.3 is 0 Å². The van der Waals surface area contributed by atoms with Crippen LogP contribution in [0.3, 0.4) is 0 Å². The molecule has 0 radical (unpaired) electrons. The Morgan fingerprint density at radius 1 is 1.08 bits per heavy atom. The van der Waals surface area contributed by atoms with E-state index in [-0.39, 0.29) is 17.7 Å². The SMILES string of the molecule is CC(C)C(O)C1C=CC2C(=O)N(C)C(=O)C2N1Nc1ccccc1. The third-order valence-electron chi connectivity index (χ3n) is 4.74. The summed E-state index contributed by atoms with van der Waals surface area (Å²) < 4.78 is 0. The number of carbonyl (C=O) groups is 2. The van der Waals surface area contributed by atoms with Crippen molar-refractivity contribution in [3.63, 3.8) is 0 Å². The van der Waals surface area contributed by atoms with Crippen LogP contribution in [0, 0.1) is 11.8 Å². The molecule has 3 rings (SSSR count). The molecule has 2 aliphatic rings. The number of benzene rings is 1. The van der Waals surface area contributed by atoms with Gasteiger partial charge in [-0.1, -0.05) is 44.2 Å². The minimum Gasteiger partial charge on any atom is -0.391 e. The van der Waals surface area contributed by atoms with Gasteiger partial charge in [-0.2, -0.15) is 0 Å². The number of amides is 2. The van der Waals surface area contributed by atoms with Gasteiger partial charge in [0, 0.05) is 12.7 Å². The maximum Gasteiger partial charge on any atom is 0.249 e. The fourth-order valence-corrected chi connectivity index (χ4v) is 3.29. The first kappa shape index (κ1) is 16.7. The summed E-state index contributed by atoms with van der Waals surface area (Å²) in [5, 5.41) is 12.3. The van der Waals surface area contributed by atoms with E-state index in [1.807, 2.05) is 50.3 Å². The quantitative estimate of drug-likeness (QED) is 0.643. The smallest absolute Gasteiger partial charge is 0.249 e. The van der Waals surface area contributed by atoms with Gasteiger partial charge in [-0.25, -0.2) is 5.01 Å². The fraction of sp³-hybridized carbons (Fsp3) is 0.444. The van der Waals surface area contributed by atoms with Crippen LogP contribution in [0.2, 0.25) is 0 Å². The Kier molecular flexibility index (Phi) is 4.43. The van der Waals surface area contributed by atoms with Gasteiger partial charge in [0.25, 0.3) is 0 Å². The van der Waals surface area contributed by atoms with Gasteiger partial charge in [0.2, 0.25) is 11.8 Å². The molecule has 0 bridgehead atoms. The van der Waals surface area contributed by atoms with E-state index in [1.54, 1.807) is 11.1 Å². The summed E-state index contributed by atoms with van der Waals surface area (Å²) in [6.45, 7) is 3.86. The second-order valence-corrected chi connectivity index (χ2v) is 6.70. The number of likely N-dealkylation sites (N-methyl/N-ethyl adjacent to an activating group) is 1. The Balaban J connectivity index is 1.98. The monoisotopic (exact) mass is 329 g/mol. The molecule has 2 N–H and O–H groups in total. The second kappa shape index (κ2) is 6.37. The number of imide groups is 1. The zero-order valence-corrected chi connectivity index (χ0v) is 14.1. The highest BCUT2D eigenvalue weighted by atomic mass is 16.3. The summed E-state index contributed by atoms with van der Waals surface area (Å²) in [6, 6.07) is 8.42. The predicted octanol–water partition coefficient (Wildman–Crippen LogP) is 1.25. The van der Waals surface area contributed by atoms with Crippen LogP contribution in [0.4, 0.5) is 5.69 Å². The maximum atomic E-state index is 12.6. The van der Waals surface area contributed by atoms with Gasteiger partial charge in [-0.05, 0) is 18.1 Å². The summed E-state index contributed by atoms with van der Waals surface area (Å²) in [4.78, 5) is 26.1. The van der Waals surface area contributed by atoms with E-state index in [4.69, 9.17) is 0 Å². The van der Waals surface area contributed by atoms with Crippen molar-refractivity contribution < 1.29 is 14.7 Å². The number of carbonyl (C=O) groups excluding carboxylic acids is 2. The maximum absolute atomic E-state index is 12.6. The summed E-state index contributed by atoms with van der Waals surface area (Å²) >= 11 is 0. The number of nitrogens with one attached hydrogen (secondary N) is 1. The molecule has 1 aromatic rings. The van der Waals surface area contributed by atoms with Gasteiger partial charge in [0.05, 0.1) is 18.1 Å². The zero-order valence-electron chi connectivity index (χ0n) is 14.1. The highest BCUT2D eigenvalue weighted by Crippen LogP contribution is 2.33. The molecule has 1 fully saturated rings. The number of nitrogens with zero attached hydrogens (tertiary/aromatic N) is 2. The molecular formula is C18H23N3O3. The van der Waals surface area contributed by atoms with E-state index in [0.717, 1.165) is 5.69 Å². The molecule has 24 heavy (non-hydrogen) atoms. The first-order valence-corrected chi connectivity index (χ1v) is 8.19. The molecule has 0 aromatic heterocycles. The second-order valence-electron chi connectivity index (χ2n) is 6.70. The molecule has 2 amide bonds. The summed E-state index contributed by atoms with van der Waals surface area (Å²) in [5.41, 5.74) is 4.04. The molecule has 0 aliphatic carbocycles. The average Bonchev–Trinajstić information content (AvgIpc) is 2.80. The molecule has 0 spiro atoms. The van der Waals surface area contributed by atoms with Crippen LogP contribution in [0.25, 0.3) is 0 Å². The van der Waals surface area contributed by atoms with Crippen molar-refractivity contribution in [1.82, 2.24) is 9.91 Å². The van der Waals surface area contributed by atoms with Crippen molar-refractivity contribution >= 4 is 17.5 Å². The Morgan fingerprint density at radius 3 is 2.38 bits per heavy atom. The molecule has 4 atom stereocenters. The number of aliphatic hydroxyl groups is 1. The Bertz CT molecular complexity index is 659. The van der Waals surface area contributed by atoms with Gasteiger partial charge in [0.1, 0.15) is 6.04 Å². The minimum absolute atomic E-state index is 0.0150. The van der Waals surface area contributed by atoms with Crippen LogP contribution in [0.5, 0.6) is 0 Å². The zero-order chi connectivity index (χ0) is 17.4.